The van der Waals surface area contributed by atoms with Crippen molar-refractivity contribution < 1.29 is 26.3 Å². The highest BCUT2D eigenvalue weighted by Gasteiger charge is 2.38. The number of alkyl halides is 3. The van der Waals surface area contributed by atoms with Crippen molar-refractivity contribution in [2.24, 2.45) is 0 Å². The summed E-state index contributed by atoms with van der Waals surface area (Å²) in [4.78, 5) is -0.0881. The minimum atomic E-state index is -4.51. The Kier molecular flexibility index (Phi) is 4.93. The van der Waals surface area contributed by atoms with Gasteiger partial charge in [0.15, 0.2) is 15.9 Å². The second kappa shape index (κ2) is 6.25. The third kappa shape index (κ3) is 3.67. The first-order valence-electron chi connectivity index (χ1n) is 6.60. The van der Waals surface area contributed by atoms with Crippen LogP contribution in [0.25, 0.3) is 0 Å². The summed E-state index contributed by atoms with van der Waals surface area (Å²) < 4.78 is 66.9. The fourth-order valence-corrected chi connectivity index (χ4v) is 4.34. The van der Waals surface area contributed by atoms with Crippen LogP contribution in [0.3, 0.4) is 0 Å². The summed E-state index contributed by atoms with van der Waals surface area (Å²) in [6.07, 6.45) is -6.04. The zero-order valence-electron chi connectivity index (χ0n) is 11.7. The molecule has 4 nitrogen and oxygen atoms in total. The average molecular weight is 358 g/mol. The number of hydrogen-bond acceptors (Lipinski definition) is 4. The lowest BCUT2D eigenvalue weighted by Crippen LogP contribution is -2.31. The van der Waals surface area contributed by atoms with E-state index in [2.05, 4.69) is 5.32 Å². The van der Waals surface area contributed by atoms with Gasteiger partial charge in [-0.2, -0.15) is 13.2 Å². The molecule has 1 aliphatic heterocycles. The van der Waals surface area contributed by atoms with E-state index in [4.69, 9.17) is 16.3 Å². The van der Waals surface area contributed by atoms with Crippen LogP contribution in [-0.4, -0.2) is 39.0 Å². The minimum absolute atomic E-state index is 0.0881. The van der Waals surface area contributed by atoms with Crippen molar-refractivity contribution >= 4 is 21.4 Å². The zero-order chi connectivity index (χ0) is 16.5. The van der Waals surface area contributed by atoms with Crippen LogP contribution < -0.4 is 10.1 Å². The first-order chi connectivity index (χ1) is 10.1. The van der Waals surface area contributed by atoms with Crippen molar-refractivity contribution in [2.75, 3.05) is 13.1 Å². The smallest absolute Gasteiger partial charge is 0.425 e. The Labute approximate surface area is 131 Å². The van der Waals surface area contributed by atoms with Gasteiger partial charge >= 0.3 is 6.18 Å². The van der Waals surface area contributed by atoms with Crippen molar-refractivity contribution in [1.82, 2.24) is 5.32 Å². The largest absolute Gasteiger partial charge is 0.481 e. The normalized spacial score (nSPS) is 20.9. The van der Waals surface area contributed by atoms with Gasteiger partial charge in [-0.3, -0.25) is 0 Å². The Hall–Kier alpha value is -0.990. The molecular formula is C13H15ClF3NO3S. The second-order valence-electron chi connectivity index (χ2n) is 5.05. The van der Waals surface area contributed by atoms with Crippen molar-refractivity contribution in [3.63, 3.8) is 0 Å². The van der Waals surface area contributed by atoms with Gasteiger partial charge < -0.3 is 10.1 Å². The molecule has 1 aliphatic rings. The summed E-state index contributed by atoms with van der Waals surface area (Å²) in [5.74, 6) is -0.127. The van der Waals surface area contributed by atoms with Crippen molar-refractivity contribution in [3.05, 3.63) is 23.2 Å². The van der Waals surface area contributed by atoms with Crippen molar-refractivity contribution in [1.29, 1.82) is 0 Å². The summed E-state index contributed by atoms with van der Waals surface area (Å²) in [5, 5.41) is 2.23. The summed E-state index contributed by atoms with van der Waals surface area (Å²) in [6, 6.07) is 3.47. The predicted octanol–water partition coefficient (Wildman–Crippen LogP) is 2.81. The first-order valence-corrected chi connectivity index (χ1v) is 8.52. The van der Waals surface area contributed by atoms with Crippen molar-refractivity contribution in [3.8, 4) is 5.75 Å². The van der Waals surface area contributed by atoms with Crippen LogP contribution in [0.1, 0.15) is 13.3 Å². The number of ether oxygens (including phenoxy) is 1. The van der Waals surface area contributed by atoms with Crippen molar-refractivity contribution in [2.45, 2.75) is 35.8 Å². The molecule has 0 amide bonds. The summed E-state index contributed by atoms with van der Waals surface area (Å²) >= 11 is 5.93. The quantitative estimate of drug-likeness (QED) is 0.900. The van der Waals surface area contributed by atoms with Gasteiger partial charge in [-0.25, -0.2) is 8.42 Å². The Morgan fingerprint density at radius 2 is 2.09 bits per heavy atom. The molecule has 1 heterocycles. The minimum Gasteiger partial charge on any atom is -0.481 e. The number of nitrogens with one attached hydrogen (secondary N) is 1. The van der Waals surface area contributed by atoms with Gasteiger partial charge in [0.05, 0.1) is 15.2 Å². The molecule has 9 heteroatoms. The van der Waals surface area contributed by atoms with Crippen LogP contribution in [0.2, 0.25) is 5.02 Å². The van der Waals surface area contributed by atoms with E-state index in [1.54, 1.807) is 0 Å². The standard InChI is InChI=1S/C13H15ClF3NO3S/c1-8(13(15,16)17)21-9-2-3-12(11(14)6-9)22(19,20)10-4-5-18-7-10/h2-3,6,8,10,18H,4-5,7H2,1H3/t8-,10?/m0/s1. The van der Waals surface area contributed by atoms with Gasteiger partial charge in [-0.15, -0.1) is 0 Å². The van der Waals surface area contributed by atoms with Gasteiger partial charge in [0.1, 0.15) is 5.75 Å². The Balaban J connectivity index is 2.23. The third-order valence-corrected chi connectivity index (χ3v) is 6.11. The van der Waals surface area contributed by atoms with Crippen LogP contribution in [-0.2, 0) is 9.84 Å². The summed E-state index contributed by atoms with van der Waals surface area (Å²) in [6.45, 7) is 1.80. The monoisotopic (exact) mass is 357 g/mol. The van der Waals surface area contributed by atoms with E-state index in [0.29, 0.717) is 19.5 Å². The highest BCUT2D eigenvalue weighted by atomic mass is 35.5. The van der Waals surface area contributed by atoms with Crippen LogP contribution in [0.15, 0.2) is 23.1 Å². The SMILES string of the molecule is C[C@H](Oc1ccc(S(=O)(=O)C2CCNC2)c(Cl)c1)C(F)(F)F. The summed E-state index contributed by atoms with van der Waals surface area (Å²) in [5.41, 5.74) is 0. The van der Waals surface area contributed by atoms with Gasteiger partial charge in [-0.05, 0) is 32.0 Å². The molecule has 22 heavy (non-hydrogen) atoms. The molecule has 1 fully saturated rings. The molecule has 2 atom stereocenters. The maximum atomic E-state index is 12.4. The number of halogens is 4. The van der Waals surface area contributed by atoms with Crippen LogP contribution in [0.4, 0.5) is 13.2 Å². The highest BCUT2D eigenvalue weighted by molar-refractivity contribution is 7.92. The molecular weight excluding hydrogens is 343 g/mol. The second-order valence-corrected chi connectivity index (χ2v) is 7.66. The van der Waals surface area contributed by atoms with E-state index in [-0.39, 0.29) is 15.7 Å². The molecule has 124 valence electrons. The maximum Gasteiger partial charge on any atom is 0.425 e. The van der Waals surface area contributed by atoms with E-state index >= 15 is 0 Å². The Morgan fingerprint density at radius 3 is 2.59 bits per heavy atom. The molecule has 0 aliphatic carbocycles. The molecule has 0 saturated carbocycles. The maximum absolute atomic E-state index is 12.4. The predicted molar refractivity (Wildman–Crippen MR) is 76.1 cm³/mol. The van der Waals surface area contributed by atoms with Gasteiger partial charge in [0.25, 0.3) is 0 Å². The Morgan fingerprint density at radius 1 is 1.41 bits per heavy atom. The molecule has 0 aromatic heterocycles. The number of benzene rings is 1. The fourth-order valence-electron chi connectivity index (χ4n) is 2.13. The van der Waals surface area contributed by atoms with Gasteiger partial charge in [0.2, 0.25) is 0 Å². The number of hydrogen-bond donors (Lipinski definition) is 1. The van der Waals surface area contributed by atoms with Crippen LogP contribution in [0, 0.1) is 0 Å². The van der Waals surface area contributed by atoms with Crippen LogP contribution in [0.5, 0.6) is 5.75 Å². The van der Waals surface area contributed by atoms with E-state index in [9.17, 15) is 21.6 Å². The van der Waals surface area contributed by atoms with Gasteiger partial charge in [-0.1, -0.05) is 11.6 Å². The van der Waals surface area contributed by atoms with Crippen LogP contribution >= 0.6 is 11.6 Å². The first kappa shape index (κ1) is 17.4. The van der Waals surface area contributed by atoms with E-state index in [0.717, 1.165) is 13.0 Å². The molecule has 1 aromatic rings. The summed E-state index contributed by atoms with van der Waals surface area (Å²) in [7, 11) is -3.62. The highest BCUT2D eigenvalue weighted by Crippen LogP contribution is 2.32. The molecule has 2 rings (SSSR count). The molecule has 1 N–H and O–H groups in total. The molecule has 1 aromatic carbocycles. The Bertz CT molecular complexity index is 642. The van der Waals surface area contributed by atoms with E-state index < -0.39 is 27.4 Å². The third-order valence-electron chi connectivity index (χ3n) is 3.44. The topological polar surface area (TPSA) is 55.4 Å². The molecule has 0 bridgehead atoms. The average Bonchev–Trinajstić information content (AvgIpc) is 2.91. The number of sulfone groups is 1. The number of rotatable bonds is 4. The van der Waals surface area contributed by atoms with Gasteiger partial charge in [0, 0.05) is 12.6 Å². The molecule has 1 saturated heterocycles. The lowest BCUT2D eigenvalue weighted by Gasteiger charge is -2.18. The lowest BCUT2D eigenvalue weighted by molar-refractivity contribution is -0.189. The fraction of sp³-hybridized carbons (Fsp3) is 0.538. The lowest BCUT2D eigenvalue weighted by atomic mass is 10.3. The molecule has 1 unspecified atom stereocenters. The van der Waals surface area contributed by atoms with E-state index in [1.165, 1.54) is 12.1 Å². The van der Waals surface area contributed by atoms with E-state index in [1.807, 2.05) is 0 Å². The molecule has 0 radical (unpaired) electrons. The molecule has 0 spiro atoms. The zero-order valence-corrected chi connectivity index (χ0v) is 13.2.